The minimum atomic E-state index is 0.497. The van der Waals surface area contributed by atoms with Crippen molar-refractivity contribution in [1.82, 2.24) is 19.7 Å². The number of hydrogen-bond donors (Lipinski definition) is 0. The van der Waals surface area contributed by atoms with Crippen molar-refractivity contribution in [3.05, 3.63) is 30.1 Å². The summed E-state index contributed by atoms with van der Waals surface area (Å²) >= 11 is 0. The molecule has 0 aromatic carbocycles. The molecule has 3 atom stereocenters. The van der Waals surface area contributed by atoms with E-state index in [1.54, 1.807) is 0 Å². The molecule has 5 heteroatoms. The molecule has 5 nitrogen and oxygen atoms in total. The third kappa shape index (κ3) is 4.33. The number of morpholine rings is 1. The lowest BCUT2D eigenvalue weighted by atomic mass is 9.94. The van der Waals surface area contributed by atoms with E-state index in [0.29, 0.717) is 18.0 Å². The number of nitrogens with zero attached hydrogens (tertiary/aromatic N) is 4. The van der Waals surface area contributed by atoms with E-state index >= 15 is 0 Å². The third-order valence-corrected chi connectivity index (χ3v) is 5.70. The SMILES string of the molecule is C[C@@H](CN1CCOCC1)N(C)C[C@@H]1CCN(C)[C@H]1c1cccnc1. The summed E-state index contributed by atoms with van der Waals surface area (Å²) < 4.78 is 5.46. The molecule has 2 fully saturated rings. The molecule has 24 heavy (non-hydrogen) atoms. The highest BCUT2D eigenvalue weighted by atomic mass is 16.5. The Morgan fingerprint density at radius 3 is 2.83 bits per heavy atom. The monoisotopic (exact) mass is 332 g/mol. The van der Waals surface area contributed by atoms with E-state index in [1.807, 2.05) is 12.4 Å². The lowest BCUT2D eigenvalue weighted by Gasteiger charge is -2.35. The molecular weight excluding hydrogens is 300 g/mol. The molecule has 0 saturated carbocycles. The molecule has 3 heterocycles. The van der Waals surface area contributed by atoms with Gasteiger partial charge in [0, 0.05) is 50.7 Å². The van der Waals surface area contributed by atoms with E-state index in [9.17, 15) is 0 Å². The minimum absolute atomic E-state index is 0.497. The van der Waals surface area contributed by atoms with Gasteiger partial charge >= 0.3 is 0 Å². The number of ether oxygens (including phenoxy) is 1. The van der Waals surface area contributed by atoms with E-state index in [1.165, 1.54) is 18.5 Å². The van der Waals surface area contributed by atoms with Crippen LogP contribution in [0.2, 0.25) is 0 Å². The van der Waals surface area contributed by atoms with E-state index in [-0.39, 0.29) is 0 Å². The summed E-state index contributed by atoms with van der Waals surface area (Å²) in [5, 5.41) is 0. The number of likely N-dealkylation sites (N-methyl/N-ethyl adjacent to an activating group) is 1. The fraction of sp³-hybridized carbons (Fsp3) is 0.737. The standard InChI is InChI=1S/C19H32N4O/c1-16(14-23-9-11-24-12-10-23)22(3)15-18-6-8-21(2)19(18)17-5-4-7-20-13-17/h4-5,7,13,16,18-19H,6,8-12,14-15H2,1-3H3/t16-,18-,19-/m0/s1. The predicted octanol–water partition coefficient (Wildman–Crippen LogP) is 1.73. The molecule has 0 bridgehead atoms. The van der Waals surface area contributed by atoms with Gasteiger partial charge in [-0.2, -0.15) is 0 Å². The van der Waals surface area contributed by atoms with Crippen LogP contribution in [0.4, 0.5) is 0 Å². The maximum Gasteiger partial charge on any atom is 0.0594 e. The van der Waals surface area contributed by atoms with E-state index in [4.69, 9.17) is 4.74 Å². The molecule has 0 unspecified atom stereocenters. The molecule has 134 valence electrons. The first-order valence-electron chi connectivity index (χ1n) is 9.25. The van der Waals surface area contributed by atoms with Crippen LogP contribution in [0.5, 0.6) is 0 Å². The van der Waals surface area contributed by atoms with Crippen molar-refractivity contribution in [2.75, 3.05) is 60.0 Å². The second-order valence-corrected chi connectivity index (χ2v) is 7.46. The van der Waals surface area contributed by atoms with Crippen LogP contribution in [-0.2, 0) is 4.74 Å². The van der Waals surface area contributed by atoms with Crippen molar-refractivity contribution in [1.29, 1.82) is 0 Å². The quantitative estimate of drug-likeness (QED) is 0.792. The zero-order chi connectivity index (χ0) is 16.9. The number of likely N-dealkylation sites (tertiary alicyclic amines) is 1. The van der Waals surface area contributed by atoms with Gasteiger partial charge in [-0.3, -0.25) is 14.8 Å². The van der Waals surface area contributed by atoms with E-state index < -0.39 is 0 Å². The van der Waals surface area contributed by atoms with Crippen molar-refractivity contribution in [3.8, 4) is 0 Å². The maximum absolute atomic E-state index is 5.46. The van der Waals surface area contributed by atoms with Gasteiger partial charge in [0.05, 0.1) is 13.2 Å². The van der Waals surface area contributed by atoms with E-state index in [2.05, 4.69) is 52.8 Å². The summed E-state index contributed by atoms with van der Waals surface area (Å²) in [5.74, 6) is 0.677. The average Bonchev–Trinajstić information content (AvgIpc) is 2.97. The molecular formula is C19H32N4O. The molecule has 3 rings (SSSR count). The van der Waals surface area contributed by atoms with Crippen LogP contribution in [-0.4, -0.2) is 85.8 Å². The summed E-state index contributed by atoms with van der Waals surface area (Å²) in [6.45, 7) is 9.73. The number of aromatic nitrogens is 1. The Hall–Kier alpha value is -1.01. The number of pyridine rings is 1. The molecule has 2 aliphatic rings. The Kier molecular flexibility index (Phi) is 6.22. The zero-order valence-electron chi connectivity index (χ0n) is 15.4. The van der Waals surface area contributed by atoms with Gasteiger partial charge in [0.25, 0.3) is 0 Å². The normalized spacial score (nSPS) is 27.7. The first-order valence-corrected chi connectivity index (χ1v) is 9.25. The molecule has 0 N–H and O–H groups in total. The second kappa shape index (κ2) is 8.39. The zero-order valence-corrected chi connectivity index (χ0v) is 15.4. The molecule has 0 amide bonds. The van der Waals surface area contributed by atoms with Gasteiger partial charge in [-0.05, 0) is 51.5 Å². The fourth-order valence-corrected chi connectivity index (χ4v) is 4.14. The summed E-state index contributed by atoms with van der Waals surface area (Å²) in [4.78, 5) is 11.9. The van der Waals surface area contributed by atoms with Crippen molar-refractivity contribution in [2.24, 2.45) is 5.92 Å². The summed E-state index contributed by atoms with van der Waals surface area (Å²) in [7, 11) is 4.53. The molecule has 0 radical (unpaired) electrons. The summed E-state index contributed by atoms with van der Waals surface area (Å²) in [6.07, 6.45) is 5.17. The van der Waals surface area contributed by atoms with Gasteiger partial charge in [-0.25, -0.2) is 0 Å². The van der Waals surface area contributed by atoms with Gasteiger partial charge in [0.15, 0.2) is 0 Å². The van der Waals surface area contributed by atoms with Gasteiger partial charge in [0.2, 0.25) is 0 Å². The first-order chi connectivity index (χ1) is 11.6. The predicted molar refractivity (Wildman–Crippen MR) is 97.1 cm³/mol. The first kappa shape index (κ1) is 17.8. The molecule has 0 spiro atoms. The van der Waals surface area contributed by atoms with Crippen molar-refractivity contribution in [2.45, 2.75) is 25.4 Å². The molecule has 2 saturated heterocycles. The molecule has 0 aliphatic carbocycles. The van der Waals surface area contributed by atoms with E-state index in [0.717, 1.165) is 39.4 Å². The van der Waals surface area contributed by atoms with Crippen LogP contribution < -0.4 is 0 Å². The van der Waals surface area contributed by atoms with Gasteiger partial charge in [-0.15, -0.1) is 0 Å². The van der Waals surface area contributed by atoms with Crippen molar-refractivity contribution < 1.29 is 4.74 Å². The van der Waals surface area contributed by atoms with Crippen LogP contribution in [0.3, 0.4) is 0 Å². The highest BCUT2D eigenvalue weighted by Crippen LogP contribution is 2.36. The van der Waals surface area contributed by atoms with Crippen LogP contribution in [0.15, 0.2) is 24.5 Å². The Bertz CT molecular complexity index is 491. The average molecular weight is 332 g/mol. The van der Waals surface area contributed by atoms with Crippen LogP contribution in [0, 0.1) is 5.92 Å². The fourth-order valence-electron chi connectivity index (χ4n) is 4.14. The maximum atomic E-state index is 5.46. The van der Waals surface area contributed by atoms with Crippen molar-refractivity contribution >= 4 is 0 Å². The minimum Gasteiger partial charge on any atom is -0.379 e. The lowest BCUT2D eigenvalue weighted by molar-refractivity contribution is 0.0251. The van der Waals surface area contributed by atoms with Crippen molar-refractivity contribution in [3.63, 3.8) is 0 Å². The Morgan fingerprint density at radius 2 is 2.12 bits per heavy atom. The van der Waals surface area contributed by atoms with Crippen LogP contribution >= 0.6 is 0 Å². The highest BCUT2D eigenvalue weighted by Gasteiger charge is 2.34. The van der Waals surface area contributed by atoms with Gasteiger partial charge in [0.1, 0.15) is 0 Å². The molecule has 1 aromatic rings. The molecule has 1 aromatic heterocycles. The largest absolute Gasteiger partial charge is 0.379 e. The number of hydrogen-bond acceptors (Lipinski definition) is 5. The molecule has 2 aliphatic heterocycles. The van der Waals surface area contributed by atoms with Crippen LogP contribution in [0.1, 0.15) is 24.9 Å². The Balaban J connectivity index is 1.57. The Labute approximate surface area is 146 Å². The third-order valence-electron chi connectivity index (χ3n) is 5.70. The summed E-state index contributed by atoms with van der Waals surface area (Å²) in [5.41, 5.74) is 1.36. The lowest BCUT2D eigenvalue weighted by Crippen LogP contribution is -2.46. The second-order valence-electron chi connectivity index (χ2n) is 7.46. The topological polar surface area (TPSA) is 31.8 Å². The Morgan fingerprint density at radius 1 is 1.33 bits per heavy atom. The highest BCUT2D eigenvalue weighted by molar-refractivity contribution is 5.17. The van der Waals surface area contributed by atoms with Gasteiger partial charge in [-0.1, -0.05) is 6.07 Å². The smallest absolute Gasteiger partial charge is 0.0594 e. The van der Waals surface area contributed by atoms with Gasteiger partial charge < -0.3 is 9.64 Å². The number of rotatable bonds is 6. The van der Waals surface area contributed by atoms with Crippen LogP contribution in [0.25, 0.3) is 0 Å². The summed E-state index contributed by atoms with van der Waals surface area (Å²) in [6, 6.07) is 5.35.